The van der Waals surface area contributed by atoms with Crippen molar-refractivity contribution in [1.82, 2.24) is 10.2 Å². The molecular formula is C20H28N2O3. The van der Waals surface area contributed by atoms with Gasteiger partial charge in [0, 0.05) is 19.7 Å². The van der Waals surface area contributed by atoms with Crippen LogP contribution in [0.15, 0.2) is 24.3 Å². The molecule has 2 amide bonds. The second-order valence-electron chi connectivity index (χ2n) is 7.47. The van der Waals surface area contributed by atoms with Crippen LogP contribution in [0.25, 0.3) is 0 Å². The molecule has 0 aliphatic carbocycles. The number of hydrogen-bond acceptors (Lipinski definition) is 3. The zero-order valence-corrected chi connectivity index (χ0v) is 15.2. The van der Waals surface area contributed by atoms with Gasteiger partial charge in [-0.1, -0.05) is 38.1 Å². The maximum atomic E-state index is 13.1. The highest BCUT2D eigenvalue weighted by Crippen LogP contribution is 2.21. The SMILES string of the molecule is CC(C)C[C@@H](NC(=O)C1CCCO1)C(=O)N1CCc2ccccc2C1. The fourth-order valence-corrected chi connectivity index (χ4v) is 3.65. The van der Waals surface area contributed by atoms with Crippen LogP contribution in [0.1, 0.15) is 44.2 Å². The average Bonchev–Trinajstić information content (AvgIpc) is 3.14. The van der Waals surface area contributed by atoms with E-state index in [9.17, 15) is 9.59 Å². The van der Waals surface area contributed by atoms with Crippen LogP contribution in [0.4, 0.5) is 0 Å². The summed E-state index contributed by atoms with van der Waals surface area (Å²) in [6.07, 6.45) is 2.77. The van der Waals surface area contributed by atoms with Gasteiger partial charge in [0.15, 0.2) is 0 Å². The summed E-state index contributed by atoms with van der Waals surface area (Å²) in [4.78, 5) is 27.4. The van der Waals surface area contributed by atoms with Crippen LogP contribution >= 0.6 is 0 Å². The number of rotatable bonds is 5. The number of nitrogens with one attached hydrogen (secondary N) is 1. The Balaban J connectivity index is 1.67. The van der Waals surface area contributed by atoms with Crippen molar-refractivity contribution in [1.29, 1.82) is 0 Å². The second kappa shape index (κ2) is 8.00. The lowest BCUT2D eigenvalue weighted by Crippen LogP contribution is -2.52. The first-order chi connectivity index (χ1) is 12.0. The Morgan fingerprint density at radius 3 is 2.72 bits per heavy atom. The molecule has 2 atom stereocenters. The number of amides is 2. The van der Waals surface area contributed by atoms with Crippen molar-refractivity contribution in [3.8, 4) is 0 Å². The number of carbonyl (C=O) groups excluding carboxylic acids is 2. The van der Waals surface area contributed by atoms with E-state index in [2.05, 4.69) is 31.3 Å². The zero-order chi connectivity index (χ0) is 17.8. The molecule has 0 spiro atoms. The first kappa shape index (κ1) is 17.9. The van der Waals surface area contributed by atoms with E-state index in [0.717, 1.165) is 19.3 Å². The highest BCUT2D eigenvalue weighted by atomic mass is 16.5. The summed E-state index contributed by atoms with van der Waals surface area (Å²) in [5.74, 6) is 0.208. The monoisotopic (exact) mass is 344 g/mol. The van der Waals surface area contributed by atoms with E-state index in [1.165, 1.54) is 11.1 Å². The van der Waals surface area contributed by atoms with Gasteiger partial charge >= 0.3 is 0 Å². The quantitative estimate of drug-likeness (QED) is 0.891. The zero-order valence-electron chi connectivity index (χ0n) is 15.2. The van der Waals surface area contributed by atoms with Crippen LogP contribution in [0.5, 0.6) is 0 Å². The first-order valence-electron chi connectivity index (χ1n) is 9.32. The molecule has 1 fully saturated rings. The van der Waals surface area contributed by atoms with Gasteiger partial charge in [0.1, 0.15) is 12.1 Å². The topological polar surface area (TPSA) is 58.6 Å². The van der Waals surface area contributed by atoms with Crippen LogP contribution in [-0.4, -0.2) is 42.0 Å². The average molecular weight is 344 g/mol. The highest BCUT2D eigenvalue weighted by molar-refractivity contribution is 5.89. The molecular weight excluding hydrogens is 316 g/mol. The Labute approximate surface area is 149 Å². The van der Waals surface area contributed by atoms with Gasteiger partial charge in [-0.2, -0.15) is 0 Å². The first-order valence-corrected chi connectivity index (χ1v) is 9.32. The number of hydrogen-bond donors (Lipinski definition) is 1. The molecule has 0 radical (unpaired) electrons. The number of nitrogens with zero attached hydrogens (tertiary/aromatic N) is 1. The van der Waals surface area contributed by atoms with Gasteiger partial charge in [-0.3, -0.25) is 9.59 Å². The smallest absolute Gasteiger partial charge is 0.249 e. The Morgan fingerprint density at radius 2 is 2.04 bits per heavy atom. The van der Waals surface area contributed by atoms with E-state index in [1.807, 2.05) is 17.0 Å². The summed E-state index contributed by atoms with van der Waals surface area (Å²) >= 11 is 0. The third kappa shape index (κ3) is 4.40. The van der Waals surface area contributed by atoms with Crippen molar-refractivity contribution in [2.45, 2.75) is 58.2 Å². The molecule has 2 aliphatic heterocycles. The number of ether oxygens (including phenoxy) is 1. The van der Waals surface area contributed by atoms with Crippen molar-refractivity contribution in [3.63, 3.8) is 0 Å². The van der Waals surface area contributed by atoms with E-state index >= 15 is 0 Å². The van der Waals surface area contributed by atoms with Gasteiger partial charge in [-0.15, -0.1) is 0 Å². The maximum absolute atomic E-state index is 13.1. The molecule has 5 nitrogen and oxygen atoms in total. The van der Waals surface area contributed by atoms with Crippen LogP contribution in [0, 0.1) is 5.92 Å². The fourth-order valence-electron chi connectivity index (χ4n) is 3.65. The molecule has 2 heterocycles. The van der Waals surface area contributed by atoms with E-state index in [4.69, 9.17) is 4.74 Å². The molecule has 0 bridgehead atoms. The summed E-state index contributed by atoms with van der Waals surface area (Å²) in [6, 6.07) is 7.79. The van der Waals surface area contributed by atoms with E-state index in [0.29, 0.717) is 32.0 Å². The number of fused-ring (bicyclic) bond motifs is 1. The van der Waals surface area contributed by atoms with Gasteiger partial charge < -0.3 is 15.0 Å². The minimum absolute atomic E-state index is 0.0227. The number of carbonyl (C=O) groups is 2. The third-order valence-corrected chi connectivity index (χ3v) is 4.99. The van der Waals surface area contributed by atoms with Crippen LogP contribution in [-0.2, 0) is 27.3 Å². The summed E-state index contributed by atoms with van der Waals surface area (Å²) in [5, 5.41) is 2.96. The lowest BCUT2D eigenvalue weighted by molar-refractivity contribution is -0.140. The van der Waals surface area contributed by atoms with Crippen molar-refractivity contribution in [2.75, 3.05) is 13.2 Å². The van der Waals surface area contributed by atoms with Crippen molar-refractivity contribution >= 4 is 11.8 Å². The Hall–Kier alpha value is -1.88. The molecule has 2 aliphatic rings. The summed E-state index contributed by atoms with van der Waals surface area (Å²) in [7, 11) is 0. The minimum Gasteiger partial charge on any atom is -0.368 e. The normalized spacial score (nSPS) is 21.1. The van der Waals surface area contributed by atoms with Gasteiger partial charge in [-0.05, 0) is 42.7 Å². The Kier molecular flexibility index (Phi) is 5.74. The van der Waals surface area contributed by atoms with E-state index in [1.54, 1.807) is 0 Å². The summed E-state index contributed by atoms with van der Waals surface area (Å²) in [5.41, 5.74) is 2.52. The van der Waals surface area contributed by atoms with Gasteiger partial charge in [0.05, 0.1) is 0 Å². The third-order valence-electron chi connectivity index (χ3n) is 4.99. The van der Waals surface area contributed by atoms with Crippen molar-refractivity contribution in [2.24, 2.45) is 5.92 Å². The highest BCUT2D eigenvalue weighted by Gasteiger charge is 2.32. The molecule has 1 saturated heterocycles. The maximum Gasteiger partial charge on any atom is 0.249 e. The molecule has 136 valence electrons. The number of benzene rings is 1. The molecule has 25 heavy (non-hydrogen) atoms. The van der Waals surface area contributed by atoms with Crippen LogP contribution < -0.4 is 5.32 Å². The molecule has 5 heteroatoms. The van der Waals surface area contributed by atoms with Crippen molar-refractivity contribution < 1.29 is 14.3 Å². The Morgan fingerprint density at radius 1 is 1.28 bits per heavy atom. The van der Waals surface area contributed by atoms with Gasteiger partial charge in [-0.25, -0.2) is 0 Å². The summed E-state index contributed by atoms with van der Waals surface area (Å²) in [6.45, 7) is 6.11. The van der Waals surface area contributed by atoms with Crippen LogP contribution in [0.2, 0.25) is 0 Å². The predicted octanol–water partition coefficient (Wildman–Crippen LogP) is 2.28. The van der Waals surface area contributed by atoms with Gasteiger partial charge in [0.2, 0.25) is 11.8 Å². The van der Waals surface area contributed by atoms with Crippen LogP contribution in [0.3, 0.4) is 0 Å². The predicted molar refractivity (Wildman–Crippen MR) is 95.9 cm³/mol. The molecule has 1 aromatic rings. The second-order valence-corrected chi connectivity index (χ2v) is 7.47. The lowest BCUT2D eigenvalue weighted by Gasteiger charge is -2.33. The molecule has 0 aromatic heterocycles. The Bertz CT molecular complexity index is 623. The minimum atomic E-state index is -0.470. The molecule has 1 unspecified atom stereocenters. The molecule has 3 rings (SSSR count). The van der Waals surface area contributed by atoms with Gasteiger partial charge in [0.25, 0.3) is 0 Å². The standard InChI is InChI=1S/C20H28N2O3/c1-14(2)12-17(21-19(23)18-8-5-11-25-18)20(24)22-10-9-15-6-3-4-7-16(15)13-22/h3-4,6-7,14,17-18H,5,8-13H2,1-2H3,(H,21,23)/t17-,18?/m1/s1. The fraction of sp³-hybridized carbons (Fsp3) is 0.600. The molecule has 0 saturated carbocycles. The largest absolute Gasteiger partial charge is 0.368 e. The lowest BCUT2D eigenvalue weighted by atomic mass is 9.97. The van der Waals surface area contributed by atoms with E-state index in [-0.39, 0.29) is 11.8 Å². The molecule has 1 N–H and O–H groups in total. The van der Waals surface area contributed by atoms with Crippen molar-refractivity contribution in [3.05, 3.63) is 35.4 Å². The van der Waals surface area contributed by atoms with E-state index < -0.39 is 12.1 Å². The summed E-state index contributed by atoms with van der Waals surface area (Å²) < 4.78 is 5.46. The molecule has 1 aromatic carbocycles.